The lowest BCUT2D eigenvalue weighted by molar-refractivity contribution is -0.137. The lowest BCUT2D eigenvalue weighted by Crippen LogP contribution is -2.55. The third-order valence-corrected chi connectivity index (χ3v) is 5.52. The number of amides is 1. The van der Waals surface area contributed by atoms with Gasteiger partial charge in [0.1, 0.15) is 11.9 Å². The maximum absolute atomic E-state index is 12.8. The molecule has 1 unspecified atom stereocenters. The number of piperazine rings is 1. The molecular formula is C19H27N5O. The van der Waals surface area contributed by atoms with E-state index in [1.807, 2.05) is 11.8 Å². The van der Waals surface area contributed by atoms with Crippen molar-refractivity contribution in [3.8, 4) is 6.07 Å². The first-order valence-corrected chi connectivity index (χ1v) is 9.23. The number of carbonyl (C=O) groups is 1. The van der Waals surface area contributed by atoms with Gasteiger partial charge >= 0.3 is 0 Å². The zero-order chi connectivity index (χ0) is 17.8. The van der Waals surface area contributed by atoms with Crippen LogP contribution in [0.4, 0.5) is 5.82 Å². The van der Waals surface area contributed by atoms with Gasteiger partial charge in [0.15, 0.2) is 0 Å². The van der Waals surface area contributed by atoms with E-state index in [1.54, 1.807) is 18.3 Å². The number of hydrogen-bond donors (Lipinski definition) is 0. The van der Waals surface area contributed by atoms with Crippen molar-refractivity contribution in [3.63, 3.8) is 0 Å². The molecule has 2 aliphatic rings. The summed E-state index contributed by atoms with van der Waals surface area (Å²) in [7, 11) is 0. The van der Waals surface area contributed by atoms with Crippen molar-refractivity contribution < 1.29 is 4.79 Å². The van der Waals surface area contributed by atoms with E-state index in [0.29, 0.717) is 5.56 Å². The van der Waals surface area contributed by atoms with Crippen LogP contribution in [0.3, 0.4) is 0 Å². The molecule has 2 fully saturated rings. The Hall–Kier alpha value is -2.13. The molecule has 0 saturated carbocycles. The molecule has 3 rings (SSSR count). The van der Waals surface area contributed by atoms with Gasteiger partial charge in [0.2, 0.25) is 5.91 Å². The molecule has 1 atom stereocenters. The zero-order valence-corrected chi connectivity index (χ0v) is 15.2. The first-order chi connectivity index (χ1) is 12.1. The number of rotatable bonds is 3. The number of nitrogens with zero attached hydrogens (tertiary/aromatic N) is 5. The van der Waals surface area contributed by atoms with Crippen LogP contribution in [0.5, 0.6) is 0 Å². The molecule has 0 aromatic carbocycles. The van der Waals surface area contributed by atoms with Gasteiger partial charge in [-0.05, 0) is 37.8 Å². The third-order valence-electron chi connectivity index (χ3n) is 5.52. The average Bonchev–Trinajstić information content (AvgIpc) is 2.67. The molecule has 0 aliphatic carbocycles. The van der Waals surface area contributed by atoms with Crippen LogP contribution in [0.25, 0.3) is 0 Å². The Morgan fingerprint density at radius 2 is 1.92 bits per heavy atom. The minimum absolute atomic E-state index is 0.0743. The van der Waals surface area contributed by atoms with Gasteiger partial charge in [-0.15, -0.1) is 0 Å². The molecule has 0 N–H and O–H groups in total. The van der Waals surface area contributed by atoms with Crippen LogP contribution in [0.1, 0.15) is 32.3 Å². The molecule has 0 bridgehead atoms. The number of anilines is 1. The smallest absolute Gasteiger partial charge is 0.239 e. The third kappa shape index (κ3) is 3.93. The lowest BCUT2D eigenvalue weighted by atomic mass is 9.98. The van der Waals surface area contributed by atoms with Gasteiger partial charge in [0, 0.05) is 45.5 Å². The summed E-state index contributed by atoms with van der Waals surface area (Å²) in [5, 5.41) is 9.25. The summed E-state index contributed by atoms with van der Waals surface area (Å²) >= 11 is 0. The van der Waals surface area contributed by atoms with E-state index in [-0.39, 0.29) is 11.9 Å². The maximum Gasteiger partial charge on any atom is 0.239 e. The fourth-order valence-corrected chi connectivity index (χ4v) is 3.71. The summed E-state index contributed by atoms with van der Waals surface area (Å²) < 4.78 is 0. The van der Waals surface area contributed by atoms with Crippen molar-refractivity contribution in [2.45, 2.75) is 32.7 Å². The van der Waals surface area contributed by atoms with E-state index in [4.69, 9.17) is 0 Å². The molecular weight excluding hydrogens is 314 g/mol. The van der Waals surface area contributed by atoms with Crippen LogP contribution in [0.15, 0.2) is 18.3 Å². The van der Waals surface area contributed by atoms with E-state index < -0.39 is 0 Å². The number of carbonyl (C=O) groups excluding carboxylic acids is 1. The van der Waals surface area contributed by atoms with Crippen LogP contribution in [0, 0.1) is 17.2 Å². The summed E-state index contributed by atoms with van der Waals surface area (Å²) in [5.41, 5.74) is 0.613. The van der Waals surface area contributed by atoms with Gasteiger partial charge in [0.05, 0.1) is 11.6 Å². The maximum atomic E-state index is 12.8. The SMILES string of the molecule is CC1CCN(C(=O)C(C)N2CCN(c3ncccc3C#N)CC2)CC1. The second-order valence-corrected chi connectivity index (χ2v) is 7.19. The lowest BCUT2D eigenvalue weighted by Gasteiger charge is -2.40. The Kier molecular flexibility index (Phi) is 5.54. The fraction of sp³-hybridized carbons (Fsp3) is 0.632. The highest BCUT2D eigenvalue weighted by Crippen LogP contribution is 2.21. The topological polar surface area (TPSA) is 63.5 Å². The number of hydrogen-bond acceptors (Lipinski definition) is 5. The second kappa shape index (κ2) is 7.83. The van der Waals surface area contributed by atoms with Gasteiger partial charge in [-0.1, -0.05) is 6.92 Å². The minimum Gasteiger partial charge on any atom is -0.353 e. The van der Waals surface area contributed by atoms with Crippen LogP contribution >= 0.6 is 0 Å². The summed E-state index contributed by atoms with van der Waals surface area (Å²) in [6.07, 6.45) is 3.96. The summed E-state index contributed by atoms with van der Waals surface area (Å²) in [6, 6.07) is 5.73. The Labute approximate surface area is 150 Å². The van der Waals surface area contributed by atoms with Crippen LogP contribution in [0.2, 0.25) is 0 Å². The van der Waals surface area contributed by atoms with Crippen molar-refractivity contribution >= 4 is 11.7 Å². The average molecular weight is 341 g/mol. The molecule has 0 spiro atoms. The summed E-state index contributed by atoms with van der Waals surface area (Å²) in [4.78, 5) is 23.6. The van der Waals surface area contributed by atoms with Gasteiger partial charge in [-0.2, -0.15) is 5.26 Å². The molecule has 3 heterocycles. The Morgan fingerprint density at radius 1 is 1.24 bits per heavy atom. The molecule has 6 heteroatoms. The first kappa shape index (κ1) is 17.7. The standard InChI is InChI=1S/C19H27N5O/c1-15-5-8-24(9-6-15)19(25)16(2)22-10-12-23(13-11-22)18-17(14-20)4-3-7-21-18/h3-4,7,15-16H,5-6,8-13H2,1-2H3. The largest absolute Gasteiger partial charge is 0.353 e. The molecule has 2 aliphatic heterocycles. The van der Waals surface area contributed by atoms with Crippen molar-refractivity contribution in [1.29, 1.82) is 5.26 Å². The van der Waals surface area contributed by atoms with E-state index in [9.17, 15) is 10.1 Å². The summed E-state index contributed by atoms with van der Waals surface area (Å²) in [6.45, 7) is 9.29. The van der Waals surface area contributed by atoms with Crippen LogP contribution < -0.4 is 4.90 Å². The normalized spacial score (nSPS) is 21.0. The molecule has 25 heavy (non-hydrogen) atoms. The van der Waals surface area contributed by atoms with E-state index in [2.05, 4.69) is 27.8 Å². The van der Waals surface area contributed by atoms with Crippen molar-refractivity contribution in [1.82, 2.24) is 14.8 Å². The quantitative estimate of drug-likeness (QED) is 0.838. The zero-order valence-electron chi connectivity index (χ0n) is 15.2. The second-order valence-electron chi connectivity index (χ2n) is 7.19. The van der Waals surface area contributed by atoms with Gasteiger partial charge < -0.3 is 9.80 Å². The Bertz CT molecular complexity index is 639. The predicted octanol–water partition coefficient (Wildman–Crippen LogP) is 1.72. The number of aromatic nitrogens is 1. The highest BCUT2D eigenvalue weighted by molar-refractivity contribution is 5.81. The van der Waals surface area contributed by atoms with Crippen LogP contribution in [-0.4, -0.2) is 66.0 Å². The molecule has 6 nitrogen and oxygen atoms in total. The molecule has 134 valence electrons. The van der Waals surface area contributed by atoms with Crippen molar-refractivity contribution in [3.05, 3.63) is 23.9 Å². The number of nitriles is 1. The Balaban J connectivity index is 1.56. The van der Waals surface area contributed by atoms with E-state index in [0.717, 1.165) is 63.8 Å². The van der Waals surface area contributed by atoms with Crippen molar-refractivity contribution in [2.75, 3.05) is 44.2 Å². The summed E-state index contributed by atoms with van der Waals surface area (Å²) in [5.74, 6) is 1.75. The highest BCUT2D eigenvalue weighted by Gasteiger charge is 2.30. The van der Waals surface area contributed by atoms with Gasteiger partial charge in [-0.25, -0.2) is 4.98 Å². The monoisotopic (exact) mass is 341 g/mol. The van der Waals surface area contributed by atoms with E-state index in [1.165, 1.54) is 0 Å². The number of piperidine rings is 1. The molecule has 1 aromatic heterocycles. The van der Waals surface area contributed by atoms with Gasteiger partial charge in [-0.3, -0.25) is 9.69 Å². The van der Waals surface area contributed by atoms with Gasteiger partial charge in [0.25, 0.3) is 0 Å². The van der Waals surface area contributed by atoms with Crippen LogP contribution in [-0.2, 0) is 4.79 Å². The minimum atomic E-state index is -0.0743. The molecule has 1 aromatic rings. The van der Waals surface area contributed by atoms with E-state index >= 15 is 0 Å². The highest BCUT2D eigenvalue weighted by atomic mass is 16.2. The Morgan fingerprint density at radius 3 is 2.56 bits per heavy atom. The van der Waals surface area contributed by atoms with Crippen molar-refractivity contribution in [2.24, 2.45) is 5.92 Å². The molecule has 1 amide bonds. The molecule has 0 radical (unpaired) electrons. The predicted molar refractivity (Wildman–Crippen MR) is 97.2 cm³/mol. The fourth-order valence-electron chi connectivity index (χ4n) is 3.71. The first-order valence-electron chi connectivity index (χ1n) is 9.23. The number of pyridine rings is 1. The number of likely N-dealkylation sites (tertiary alicyclic amines) is 1. The molecule has 2 saturated heterocycles.